The van der Waals surface area contributed by atoms with Crippen molar-refractivity contribution in [2.75, 3.05) is 0 Å². The van der Waals surface area contributed by atoms with E-state index >= 15 is 0 Å². The molecule has 16 heavy (non-hydrogen) atoms. The topological polar surface area (TPSA) is 137 Å². The zero-order valence-electron chi connectivity index (χ0n) is 8.50. The van der Waals surface area contributed by atoms with E-state index in [1.165, 1.54) is 0 Å². The fourth-order valence-electron chi connectivity index (χ4n) is 1.48. The first-order valence-electron chi connectivity index (χ1n) is 4.70. The zero-order valence-corrected chi connectivity index (χ0v) is 9.40. The van der Waals surface area contributed by atoms with E-state index < -0.39 is 38.5 Å². The summed E-state index contributed by atoms with van der Waals surface area (Å²) in [6.07, 6.45) is -6.83. The Balaban J connectivity index is 2.75. The van der Waals surface area contributed by atoms with E-state index in [1.54, 1.807) is 6.92 Å². The van der Waals surface area contributed by atoms with Gasteiger partial charge in [-0.15, -0.1) is 0 Å². The summed E-state index contributed by atoms with van der Waals surface area (Å²) >= 11 is 0. The van der Waals surface area contributed by atoms with E-state index in [4.69, 9.17) is 14.5 Å². The average molecular weight is 258 g/mol. The normalized spacial score (nSPS) is 41.0. The van der Waals surface area contributed by atoms with Crippen LogP contribution in [0.2, 0.25) is 0 Å². The Morgan fingerprint density at radius 1 is 1.19 bits per heavy atom. The minimum absolute atomic E-state index is 0.298. The molecule has 0 radical (unpaired) electrons. The van der Waals surface area contributed by atoms with Gasteiger partial charge in [0.05, 0.1) is 6.10 Å². The summed E-state index contributed by atoms with van der Waals surface area (Å²) < 4.78 is 19.7. The number of aliphatic hydroxyl groups is 3. The van der Waals surface area contributed by atoms with Crippen LogP contribution in [0.5, 0.6) is 0 Å². The Labute approximate surface area is 91.7 Å². The van der Waals surface area contributed by atoms with Gasteiger partial charge in [0.2, 0.25) is 0 Å². The Bertz CT molecular complexity index is 276. The predicted octanol–water partition coefficient (Wildman–Crippen LogP) is -1.69. The second-order valence-electron chi connectivity index (χ2n) is 3.52. The number of phosphoric ester groups is 1. The van der Waals surface area contributed by atoms with Gasteiger partial charge in [0, 0.05) is 0 Å². The van der Waals surface area contributed by atoms with E-state index in [0.717, 1.165) is 0 Å². The molecule has 1 saturated heterocycles. The maximum absolute atomic E-state index is 10.6. The molecule has 0 aromatic carbocycles. The highest BCUT2D eigenvalue weighted by molar-refractivity contribution is 7.46. The van der Waals surface area contributed by atoms with Crippen LogP contribution < -0.4 is 0 Å². The molecule has 0 aromatic rings. The van der Waals surface area contributed by atoms with Crippen LogP contribution in [-0.2, 0) is 13.8 Å². The molecule has 0 bridgehead atoms. The molecule has 1 aliphatic heterocycles. The lowest BCUT2D eigenvalue weighted by atomic mass is 9.97. The molecule has 2 unspecified atom stereocenters. The molecule has 1 rings (SSSR count). The maximum atomic E-state index is 10.6. The first kappa shape index (κ1) is 14.0. The summed E-state index contributed by atoms with van der Waals surface area (Å²) in [6.45, 7) is 1.65. The Morgan fingerprint density at radius 2 is 1.75 bits per heavy atom. The molecular formula is C7H15O8P. The van der Waals surface area contributed by atoms with Crippen LogP contribution in [0.15, 0.2) is 0 Å². The zero-order chi connectivity index (χ0) is 12.5. The highest BCUT2D eigenvalue weighted by Gasteiger charge is 2.45. The van der Waals surface area contributed by atoms with E-state index in [-0.39, 0.29) is 0 Å². The molecule has 1 fully saturated rings. The van der Waals surface area contributed by atoms with Gasteiger partial charge < -0.3 is 29.8 Å². The molecule has 1 heterocycles. The summed E-state index contributed by atoms with van der Waals surface area (Å²) in [4.78, 5) is 17.1. The van der Waals surface area contributed by atoms with Gasteiger partial charge in [-0.25, -0.2) is 4.57 Å². The highest BCUT2D eigenvalue weighted by atomic mass is 31.2. The van der Waals surface area contributed by atoms with E-state index in [0.29, 0.717) is 6.42 Å². The van der Waals surface area contributed by atoms with Crippen molar-refractivity contribution in [3.8, 4) is 0 Å². The molecular weight excluding hydrogens is 243 g/mol. The molecule has 8 nitrogen and oxygen atoms in total. The van der Waals surface area contributed by atoms with Crippen LogP contribution in [0.3, 0.4) is 0 Å². The van der Waals surface area contributed by atoms with E-state index in [2.05, 4.69) is 4.52 Å². The van der Waals surface area contributed by atoms with E-state index in [9.17, 15) is 19.9 Å². The van der Waals surface area contributed by atoms with E-state index in [1.807, 2.05) is 0 Å². The highest BCUT2D eigenvalue weighted by Crippen LogP contribution is 2.40. The molecule has 0 aromatic heterocycles. The fourth-order valence-corrected chi connectivity index (χ4v) is 1.92. The van der Waals surface area contributed by atoms with Gasteiger partial charge >= 0.3 is 7.82 Å². The summed E-state index contributed by atoms with van der Waals surface area (Å²) in [5.41, 5.74) is 0. The first-order chi connectivity index (χ1) is 7.26. The van der Waals surface area contributed by atoms with Crippen molar-refractivity contribution in [2.45, 2.75) is 44.1 Å². The second kappa shape index (κ2) is 5.07. The van der Waals surface area contributed by atoms with Crippen molar-refractivity contribution in [3.63, 3.8) is 0 Å². The summed E-state index contributed by atoms with van der Waals surface area (Å²) in [7, 11) is -4.83. The maximum Gasteiger partial charge on any atom is 0.472 e. The lowest BCUT2D eigenvalue weighted by molar-refractivity contribution is -0.275. The summed E-state index contributed by atoms with van der Waals surface area (Å²) in [5, 5.41) is 28.2. The summed E-state index contributed by atoms with van der Waals surface area (Å²) in [6, 6.07) is 0. The minimum Gasteiger partial charge on any atom is -0.388 e. The molecule has 5 N–H and O–H groups in total. The van der Waals surface area contributed by atoms with Crippen LogP contribution in [0, 0.1) is 0 Å². The van der Waals surface area contributed by atoms with Crippen molar-refractivity contribution in [3.05, 3.63) is 0 Å². The number of rotatable bonds is 3. The number of hydrogen-bond acceptors (Lipinski definition) is 6. The van der Waals surface area contributed by atoms with Gasteiger partial charge in [-0.1, -0.05) is 6.92 Å². The van der Waals surface area contributed by atoms with Gasteiger partial charge in [-0.3, -0.25) is 4.52 Å². The van der Waals surface area contributed by atoms with Crippen LogP contribution >= 0.6 is 7.82 Å². The van der Waals surface area contributed by atoms with Gasteiger partial charge in [-0.05, 0) is 6.42 Å². The average Bonchev–Trinajstić information content (AvgIpc) is 2.17. The van der Waals surface area contributed by atoms with Crippen molar-refractivity contribution < 1.29 is 38.9 Å². The lowest BCUT2D eigenvalue weighted by Crippen LogP contribution is -2.57. The molecule has 96 valence electrons. The number of hydrogen-bond donors (Lipinski definition) is 5. The van der Waals surface area contributed by atoms with Gasteiger partial charge in [0.25, 0.3) is 0 Å². The molecule has 1 aliphatic rings. The third-order valence-corrected chi connectivity index (χ3v) is 2.79. The fraction of sp³-hybridized carbons (Fsp3) is 1.00. The molecule has 0 saturated carbocycles. The predicted molar refractivity (Wildman–Crippen MR) is 50.1 cm³/mol. The lowest BCUT2D eigenvalue weighted by Gasteiger charge is -2.39. The third kappa shape index (κ3) is 3.22. The van der Waals surface area contributed by atoms with Crippen LogP contribution in [0.25, 0.3) is 0 Å². The molecule has 5 atom stereocenters. The minimum atomic E-state index is -4.83. The third-order valence-electron chi connectivity index (χ3n) is 2.31. The monoisotopic (exact) mass is 258 g/mol. The SMILES string of the molecule is CCC1O[C@H](OP(=O)(O)O)C(O)[C@@H](O)[C@@H]1O. The van der Waals surface area contributed by atoms with Gasteiger partial charge in [0.15, 0.2) is 6.29 Å². The largest absolute Gasteiger partial charge is 0.472 e. The molecule has 0 aliphatic carbocycles. The standard InChI is InChI=1S/C7H15O8P/c1-2-3-4(8)5(9)6(10)7(14-3)15-16(11,12)13/h3-10H,2H2,1H3,(H2,11,12,13)/t3?,4-,5+,6?,7-/m1/s1. The molecule has 9 heteroatoms. The quantitative estimate of drug-likeness (QED) is 0.378. The van der Waals surface area contributed by atoms with Crippen LogP contribution in [0.4, 0.5) is 0 Å². The van der Waals surface area contributed by atoms with Crippen molar-refractivity contribution in [2.24, 2.45) is 0 Å². The Morgan fingerprint density at radius 3 is 2.19 bits per heavy atom. The number of phosphoric acid groups is 1. The molecule has 0 spiro atoms. The number of aliphatic hydroxyl groups excluding tert-OH is 3. The smallest absolute Gasteiger partial charge is 0.388 e. The second-order valence-corrected chi connectivity index (χ2v) is 4.71. The molecule has 0 amide bonds. The Hall–Kier alpha value is -0.0500. The van der Waals surface area contributed by atoms with Crippen molar-refractivity contribution in [1.29, 1.82) is 0 Å². The number of ether oxygens (including phenoxy) is 1. The van der Waals surface area contributed by atoms with Crippen molar-refractivity contribution in [1.82, 2.24) is 0 Å². The van der Waals surface area contributed by atoms with Crippen molar-refractivity contribution >= 4 is 7.82 Å². The van der Waals surface area contributed by atoms with Gasteiger partial charge in [-0.2, -0.15) is 0 Å². The van der Waals surface area contributed by atoms with Crippen LogP contribution in [-0.4, -0.2) is 55.8 Å². The van der Waals surface area contributed by atoms with Crippen LogP contribution in [0.1, 0.15) is 13.3 Å². The Kier molecular flexibility index (Phi) is 4.44. The van der Waals surface area contributed by atoms with Gasteiger partial charge in [0.1, 0.15) is 18.3 Å². The first-order valence-corrected chi connectivity index (χ1v) is 6.23. The summed E-state index contributed by atoms with van der Waals surface area (Å²) in [5.74, 6) is 0.